The van der Waals surface area contributed by atoms with E-state index in [0.717, 1.165) is 42.3 Å². The van der Waals surface area contributed by atoms with Crippen molar-refractivity contribution in [3.63, 3.8) is 0 Å². The van der Waals surface area contributed by atoms with Gasteiger partial charge in [0.1, 0.15) is 11.6 Å². The minimum absolute atomic E-state index is 0.306. The maximum atomic E-state index is 12.5. The van der Waals surface area contributed by atoms with E-state index in [2.05, 4.69) is 14.9 Å². The Morgan fingerprint density at radius 3 is 2.45 bits per heavy atom. The maximum absolute atomic E-state index is 12.5. The second-order valence-electron chi connectivity index (χ2n) is 7.12. The van der Waals surface area contributed by atoms with Gasteiger partial charge < -0.3 is 14.5 Å². The second kappa shape index (κ2) is 8.73. The number of hydrogen-bond acceptors (Lipinski definition) is 5. The number of pyridine rings is 2. The summed E-state index contributed by atoms with van der Waals surface area (Å²) in [5.74, 6) is 1.52. The molecule has 0 spiro atoms. The maximum Gasteiger partial charge on any atom is 0.415 e. The van der Waals surface area contributed by atoms with Gasteiger partial charge >= 0.3 is 6.09 Å². The first-order valence-electron chi connectivity index (χ1n) is 9.81. The highest BCUT2D eigenvalue weighted by atomic mass is 16.6. The highest BCUT2D eigenvalue weighted by molar-refractivity contribution is 5.71. The van der Waals surface area contributed by atoms with Crippen molar-refractivity contribution in [1.82, 2.24) is 14.9 Å². The first-order valence-corrected chi connectivity index (χ1v) is 9.81. The van der Waals surface area contributed by atoms with Crippen LogP contribution in [0.4, 0.5) is 10.6 Å². The summed E-state index contributed by atoms with van der Waals surface area (Å²) >= 11 is 0. The van der Waals surface area contributed by atoms with E-state index in [0.29, 0.717) is 18.8 Å². The van der Waals surface area contributed by atoms with Crippen molar-refractivity contribution in [2.45, 2.75) is 13.3 Å². The molecule has 2 aromatic heterocycles. The Kier molecular flexibility index (Phi) is 5.70. The molecule has 0 bridgehead atoms. The van der Waals surface area contributed by atoms with Crippen LogP contribution >= 0.6 is 0 Å². The van der Waals surface area contributed by atoms with Crippen LogP contribution in [0.3, 0.4) is 0 Å². The Hall–Kier alpha value is -3.41. The zero-order valence-electron chi connectivity index (χ0n) is 16.5. The van der Waals surface area contributed by atoms with Crippen LogP contribution < -0.4 is 9.64 Å². The van der Waals surface area contributed by atoms with Gasteiger partial charge in [-0.3, -0.25) is 4.98 Å². The molecule has 1 aliphatic rings. The van der Waals surface area contributed by atoms with E-state index in [1.165, 1.54) is 0 Å². The van der Waals surface area contributed by atoms with Gasteiger partial charge in [0.05, 0.1) is 0 Å². The molecule has 0 unspecified atom stereocenters. The Labute approximate surface area is 170 Å². The van der Waals surface area contributed by atoms with Crippen LogP contribution in [0.2, 0.25) is 0 Å². The van der Waals surface area contributed by atoms with E-state index < -0.39 is 0 Å². The summed E-state index contributed by atoms with van der Waals surface area (Å²) in [4.78, 5) is 25.3. The molecule has 0 N–H and O–H groups in total. The molecule has 3 aromatic rings. The number of anilines is 1. The van der Waals surface area contributed by atoms with Crippen molar-refractivity contribution >= 4 is 11.9 Å². The lowest BCUT2D eigenvalue weighted by Crippen LogP contribution is -2.49. The standard InChI is InChI=1S/C23H24N4O2/c1-18-5-4-7-22(25-18)26-13-15-27(16-14-26)23(28)29-21-10-8-19(9-11-21)17-20-6-2-3-12-24-20/h2-12H,13-17H2,1H3. The molecule has 0 radical (unpaired) electrons. The third-order valence-corrected chi connectivity index (χ3v) is 4.98. The lowest BCUT2D eigenvalue weighted by atomic mass is 10.1. The Morgan fingerprint density at radius 2 is 1.76 bits per heavy atom. The van der Waals surface area contributed by atoms with Crippen LogP contribution in [-0.2, 0) is 6.42 Å². The Morgan fingerprint density at radius 1 is 0.966 bits per heavy atom. The number of hydrogen-bond donors (Lipinski definition) is 0. The van der Waals surface area contributed by atoms with Gasteiger partial charge in [-0.25, -0.2) is 9.78 Å². The summed E-state index contributed by atoms with van der Waals surface area (Å²) in [6.07, 6.45) is 2.24. The number of amides is 1. The number of rotatable bonds is 4. The molecule has 148 valence electrons. The summed E-state index contributed by atoms with van der Waals surface area (Å²) in [7, 11) is 0. The number of aryl methyl sites for hydroxylation is 1. The van der Waals surface area contributed by atoms with Crippen LogP contribution in [0.1, 0.15) is 17.0 Å². The molecule has 1 aliphatic heterocycles. The van der Waals surface area contributed by atoms with E-state index in [1.54, 1.807) is 11.1 Å². The third kappa shape index (κ3) is 4.90. The second-order valence-corrected chi connectivity index (χ2v) is 7.12. The van der Waals surface area contributed by atoms with Crippen LogP contribution in [0.5, 0.6) is 5.75 Å². The van der Waals surface area contributed by atoms with Crippen molar-refractivity contribution in [2.24, 2.45) is 0 Å². The van der Waals surface area contributed by atoms with E-state index in [4.69, 9.17) is 4.74 Å². The predicted octanol–water partition coefficient (Wildman–Crippen LogP) is 3.70. The Bertz CT molecular complexity index is 952. The van der Waals surface area contributed by atoms with Gasteiger partial charge in [0.15, 0.2) is 0 Å². The van der Waals surface area contributed by atoms with Gasteiger partial charge in [0, 0.05) is 50.2 Å². The highest BCUT2D eigenvalue weighted by Gasteiger charge is 2.23. The monoisotopic (exact) mass is 388 g/mol. The molecule has 1 amide bonds. The first-order chi connectivity index (χ1) is 14.2. The minimum atomic E-state index is -0.306. The average Bonchev–Trinajstić information content (AvgIpc) is 2.76. The molecule has 1 aromatic carbocycles. The van der Waals surface area contributed by atoms with E-state index in [1.807, 2.05) is 67.6 Å². The van der Waals surface area contributed by atoms with E-state index >= 15 is 0 Å². The smallest absolute Gasteiger partial charge is 0.410 e. The number of carbonyl (C=O) groups is 1. The molecule has 29 heavy (non-hydrogen) atoms. The number of benzene rings is 1. The fourth-order valence-corrected chi connectivity index (χ4v) is 3.38. The molecule has 6 nitrogen and oxygen atoms in total. The molecule has 3 heterocycles. The van der Waals surface area contributed by atoms with Crippen LogP contribution in [0, 0.1) is 6.92 Å². The van der Waals surface area contributed by atoms with Gasteiger partial charge in [0.25, 0.3) is 0 Å². The molecule has 4 rings (SSSR count). The topological polar surface area (TPSA) is 58.6 Å². The van der Waals surface area contributed by atoms with E-state index in [9.17, 15) is 4.79 Å². The van der Waals surface area contributed by atoms with Crippen molar-refractivity contribution in [2.75, 3.05) is 31.1 Å². The van der Waals surface area contributed by atoms with Crippen LogP contribution in [0.25, 0.3) is 0 Å². The van der Waals surface area contributed by atoms with Crippen molar-refractivity contribution in [3.8, 4) is 5.75 Å². The van der Waals surface area contributed by atoms with Gasteiger partial charge in [-0.1, -0.05) is 24.3 Å². The van der Waals surface area contributed by atoms with Crippen molar-refractivity contribution in [3.05, 3.63) is 83.8 Å². The summed E-state index contributed by atoms with van der Waals surface area (Å²) in [5, 5.41) is 0. The zero-order valence-corrected chi connectivity index (χ0v) is 16.5. The lowest BCUT2D eigenvalue weighted by molar-refractivity contribution is 0.149. The van der Waals surface area contributed by atoms with Crippen molar-refractivity contribution in [1.29, 1.82) is 0 Å². The average molecular weight is 388 g/mol. The van der Waals surface area contributed by atoms with Crippen LogP contribution in [-0.4, -0.2) is 47.1 Å². The molecule has 0 atom stereocenters. The number of nitrogens with zero attached hydrogens (tertiary/aromatic N) is 4. The van der Waals surface area contributed by atoms with Crippen molar-refractivity contribution < 1.29 is 9.53 Å². The summed E-state index contributed by atoms with van der Waals surface area (Å²) in [5.41, 5.74) is 3.14. The summed E-state index contributed by atoms with van der Waals surface area (Å²) < 4.78 is 5.56. The van der Waals surface area contributed by atoms with Gasteiger partial charge in [-0.05, 0) is 48.9 Å². The molecule has 1 saturated heterocycles. The predicted molar refractivity (Wildman–Crippen MR) is 112 cm³/mol. The SMILES string of the molecule is Cc1cccc(N2CCN(C(=O)Oc3ccc(Cc4ccccn4)cc3)CC2)n1. The fraction of sp³-hybridized carbons (Fsp3) is 0.261. The quantitative estimate of drug-likeness (QED) is 0.682. The largest absolute Gasteiger partial charge is 0.415 e. The number of carbonyl (C=O) groups excluding carboxylic acids is 1. The van der Waals surface area contributed by atoms with E-state index in [-0.39, 0.29) is 6.09 Å². The fourth-order valence-electron chi connectivity index (χ4n) is 3.38. The zero-order chi connectivity index (χ0) is 20.1. The number of ether oxygens (including phenoxy) is 1. The van der Waals surface area contributed by atoms with Gasteiger partial charge in [-0.2, -0.15) is 0 Å². The lowest BCUT2D eigenvalue weighted by Gasteiger charge is -2.34. The molecule has 0 saturated carbocycles. The highest BCUT2D eigenvalue weighted by Crippen LogP contribution is 2.18. The summed E-state index contributed by atoms with van der Waals surface area (Å²) in [6.45, 7) is 4.71. The Balaban J connectivity index is 1.29. The molecule has 6 heteroatoms. The summed E-state index contributed by atoms with van der Waals surface area (Å²) in [6, 6.07) is 19.5. The normalized spacial score (nSPS) is 14.0. The molecular weight excluding hydrogens is 364 g/mol. The number of aromatic nitrogens is 2. The third-order valence-electron chi connectivity index (χ3n) is 4.98. The minimum Gasteiger partial charge on any atom is -0.410 e. The van der Waals surface area contributed by atoms with Gasteiger partial charge in [-0.15, -0.1) is 0 Å². The molecule has 0 aliphatic carbocycles. The molecular formula is C23H24N4O2. The van der Waals surface area contributed by atoms with Gasteiger partial charge in [0.2, 0.25) is 0 Å². The number of piperazine rings is 1. The van der Waals surface area contributed by atoms with Crippen LogP contribution in [0.15, 0.2) is 66.9 Å². The molecule has 1 fully saturated rings. The first kappa shape index (κ1) is 18.9.